The average Bonchev–Trinajstić information content (AvgIpc) is 2.11. The minimum absolute atomic E-state index is 0.323. The molecule has 0 radical (unpaired) electrons. The van der Waals surface area contributed by atoms with E-state index in [0.717, 1.165) is 0 Å². The van der Waals surface area contributed by atoms with Gasteiger partial charge in [0.2, 0.25) is 10.0 Å². The van der Waals surface area contributed by atoms with Crippen LogP contribution >= 0.6 is 0 Å². The largest absolute Gasteiger partial charge is 0.313 e. The highest BCUT2D eigenvalue weighted by molar-refractivity contribution is 7.90. The summed E-state index contributed by atoms with van der Waals surface area (Å²) in [6, 6.07) is 0.323. The van der Waals surface area contributed by atoms with Gasteiger partial charge in [0.1, 0.15) is 0 Å². The first-order valence-electron chi connectivity index (χ1n) is 6.13. The first kappa shape index (κ1) is 13.9. The van der Waals surface area contributed by atoms with E-state index < -0.39 is 10.0 Å². The van der Waals surface area contributed by atoms with Gasteiger partial charge in [0.25, 0.3) is 0 Å². The number of hydrogen-bond acceptors (Lipinski definition) is 3. The van der Waals surface area contributed by atoms with E-state index >= 15 is 0 Å². The number of rotatable bonds is 7. The summed E-state index contributed by atoms with van der Waals surface area (Å²) >= 11 is 0. The molecular formula is C11H24N2O2S. The van der Waals surface area contributed by atoms with Gasteiger partial charge in [-0.25, -0.2) is 13.1 Å². The molecule has 96 valence electrons. The number of nitrogens with one attached hydrogen (secondary N) is 2. The molecule has 16 heavy (non-hydrogen) atoms. The molecule has 1 atom stereocenters. The molecule has 5 heteroatoms. The van der Waals surface area contributed by atoms with Crippen molar-refractivity contribution < 1.29 is 8.42 Å². The molecule has 0 aromatic heterocycles. The SMILES string of the molecule is CC(C)NCC(C)S(=O)(=O)NCC1CCC1. The lowest BCUT2D eigenvalue weighted by Crippen LogP contribution is -2.42. The molecule has 4 nitrogen and oxygen atoms in total. The Balaban J connectivity index is 2.30. The Morgan fingerprint density at radius 2 is 1.88 bits per heavy atom. The first-order chi connectivity index (χ1) is 7.42. The van der Waals surface area contributed by atoms with Crippen molar-refractivity contribution in [3.8, 4) is 0 Å². The van der Waals surface area contributed by atoms with Crippen LogP contribution in [-0.2, 0) is 10.0 Å². The predicted octanol–water partition coefficient (Wildman–Crippen LogP) is 1.09. The second-order valence-corrected chi connectivity index (χ2v) is 7.25. The van der Waals surface area contributed by atoms with Gasteiger partial charge in [-0.05, 0) is 25.7 Å². The van der Waals surface area contributed by atoms with Crippen LogP contribution in [0.4, 0.5) is 0 Å². The van der Waals surface area contributed by atoms with Crippen LogP contribution in [0, 0.1) is 5.92 Å². The summed E-state index contributed by atoms with van der Waals surface area (Å²) in [5, 5.41) is 2.78. The zero-order valence-corrected chi connectivity index (χ0v) is 11.3. The molecule has 1 aliphatic rings. The van der Waals surface area contributed by atoms with E-state index in [2.05, 4.69) is 10.0 Å². The molecule has 0 heterocycles. The third-order valence-electron chi connectivity index (χ3n) is 3.14. The Morgan fingerprint density at radius 3 is 2.31 bits per heavy atom. The fraction of sp³-hybridized carbons (Fsp3) is 1.00. The maximum absolute atomic E-state index is 11.8. The molecule has 0 aromatic carbocycles. The van der Waals surface area contributed by atoms with Crippen molar-refractivity contribution in [1.82, 2.24) is 10.0 Å². The minimum Gasteiger partial charge on any atom is -0.313 e. The molecule has 1 rings (SSSR count). The van der Waals surface area contributed by atoms with Crippen LogP contribution in [0.25, 0.3) is 0 Å². The maximum Gasteiger partial charge on any atom is 0.215 e. The van der Waals surface area contributed by atoms with Gasteiger partial charge in [-0.15, -0.1) is 0 Å². The molecule has 1 saturated carbocycles. The van der Waals surface area contributed by atoms with Crippen molar-refractivity contribution in [3.63, 3.8) is 0 Å². The van der Waals surface area contributed by atoms with Crippen LogP contribution in [0.3, 0.4) is 0 Å². The van der Waals surface area contributed by atoms with Gasteiger partial charge in [0.05, 0.1) is 5.25 Å². The van der Waals surface area contributed by atoms with E-state index in [1.54, 1.807) is 6.92 Å². The lowest BCUT2D eigenvalue weighted by molar-refractivity contribution is 0.316. The van der Waals surface area contributed by atoms with Crippen LogP contribution < -0.4 is 10.0 Å². The van der Waals surface area contributed by atoms with Gasteiger partial charge < -0.3 is 5.32 Å². The van der Waals surface area contributed by atoms with Gasteiger partial charge in [-0.2, -0.15) is 0 Å². The monoisotopic (exact) mass is 248 g/mol. The fourth-order valence-corrected chi connectivity index (χ4v) is 2.65. The van der Waals surface area contributed by atoms with E-state index in [0.29, 0.717) is 25.0 Å². The third-order valence-corrected chi connectivity index (χ3v) is 4.94. The molecule has 0 spiro atoms. The van der Waals surface area contributed by atoms with Crippen LogP contribution in [0.5, 0.6) is 0 Å². The Hall–Kier alpha value is -0.130. The molecule has 0 amide bonds. The summed E-state index contributed by atoms with van der Waals surface area (Å²) in [6.07, 6.45) is 3.58. The Kier molecular flexibility index (Phi) is 5.21. The van der Waals surface area contributed by atoms with Gasteiger partial charge in [0, 0.05) is 19.1 Å². The van der Waals surface area contributed by atoms with Crippen LogP contribution in [0.2, 0.25) is 0 Å². The molecule has 0 saturated heterocycles. The van der Waals surface area contributed by atoms with Crippen molar-refractivity contribution in [2.24, 2.45) is 5.92 Å². The summed E-state index contributed by atoms with van der Waals surface area (Å²) < 4.78 is 26.4. The zero-order valence-electron chi connectivity index (χ0n) is 10.5. The molecule has 0 bridgehead atoms. The first-order valence-corrected chi connectivity index (χ1v) is 7.68. The van der Waals surface area contributed by atoms with Crippen molar-refractivity contribution in [2.75, 3.05) is 13.1 Å². The highest BCUT2D eigenvalue weighted by Gasteiger charge is 2.24. The second-order valence-electron chi connectivity index (χ2n) is 5.06. The Bertz CT molecular complexity index is 297. The van der Waals surface area contributed by atoms with E-state index in [4.69, 9.17) is 0 Å². The Morgan fingerprint density at radius 1 is 1.25 bits per heavy atom. The topological polar surface area (TPSA) is 58.2 Å². The summed E-state index contributed by atoms with van der Waals surface area (Å²) in [6.45, 7) is 6.91. The minimum atomic E-state index is -3.14. The van der Waals surface area contributed by atoms with Crippen molar-refractivity contribution in [2.45, 2.75) is 51.3 Å². The molecule has 1 aliphatic carbocycles. The van der Waals surface area contributed by atoms with E-state index in [9.17, 15) is 8.42 Å². The third kappa shape index (κ3) is 4.39. The lowest BCUT2D eigenvalue weighted by Gasteiger charge is -2.26. The van der Waals surface area contributed by atoms with E-state index in [-0.39, 0.29) is 5.25 Å². The second kappa shape index (κ2) is 5.98. The summed E-state index contributed by atoms with van der Waals surface area (Å²) in [5.41, 5.74) is 0. The zero-order chi connectivity index (χ0) is 12.2. The predicted molar refractivity (Wildman–Crippen MR) is 66.9 cm³/mol. The molecular weight excluding hydrogens is 224 g/mol. The van der Waals surface area contributed by atoms with Crippen molar-refractivity contribution in [3.05, 3.63) is 0 Å². The van der Waals surface area contributed by atoms with E-state index in [1.807, 2.05) is 13.8 Å². The number of sulfonamides is 1. The molecule has 0 aliphatic heterocycles. The van der Waals surface area contributed by atoms with Crippen LogP contribution in [0.15, 0.2) is 0 Å². The normalized spacial score (nSPS) is 19.8. The quantitative estimate of drug-likeness (QED) is 0.709. The molecule has 2 N–H and O–H groups in total. The summed E-state index contributed by atoms with van der Waals surface area (Å²) in [4.78, 5) is 0. The maximum atomic E-state index is 11.8. The molecule has 0 aromatic rings. The summed E-state index contributed by atoms with van der Waals surface area (Å²) in [7, 11) is -3.14. The standard InChI is InChI=1S/C11H24N2O2S/c1-9(2)12-7-10(3)16(14,15)13-8-11-5-4-6-11/h9-13H,4-8H2,1-3H3. The molecule has 1 fully saturated rings. The molecule has 1 unspecified atom stereocenters. The number of hydrogen-bond donors (Lipinski definition) is 2. The lowest BCUT2D eigenvalue weighted by atomic mass is 9.86. The van der Waals surface area contributed by atoms with Crippen molar-refractivity contribution in [1.29, 1.82) is 0 Å². The average molecular weight is 248 g/mol. The van der Waals surface area contributed by atoms with Crippen LogP contribution in [0.1, 0.15) is 40.0 Å². The highest BCUT2D eigenvalue weighted by Crippen LogP contribution is 2.25. The van der Waals surface area contributed by atoms with Crippen LogP contribution in [-0.4, -0.2) is 32.8 Å². The highest BCUT2D eigenvalue weighted by atomic mass is 32.2. The Labute approximate surface area is 99.2 Å². The fourth-order valence-electron chi connectivity index (χ4n) is 1.58. The van der Waals surface area contributed by atoms with Gasteiger partial charge in [-0.3, -0.25) is 0 Å². The van der Waals surface area contributed by atoms with Gasteiger partial charge in [0.15, 0.2) is 0 Å². The van der Waals surface area contributed by atoms with Gasteiger partial charge >= 0.3 is 0 Å². The van der Waals surface area contributed by atoms with E-state index in [1.165, 1.54) is 19.3 Å². The van der Waals surface area contributed by atoms with Crippen molar-refractivity contribution >= 4 is 10.0 Å². The smallest absolute Gasteiger partial charge is 0.215 e. The van der Waals surface area contributed by atoms with Gasteiger partial charge in [-0.1, -0.05) is 20.3 Å². The summed E-state index contributed by atoms with van der Waals surface area (Å²) in [5.74, 6) is 0.569.